The Morgan fingerprint density at radius 2 is 1.24 bits per heavy atom. The maximum atomic E-state index is 13.6. The summed E-state index contributed by atoms with van der Waals surface area (Å²) >= 11 is 0. The van der Waals surface area contributed by atoms with Crippen LogP contribution in [0.4, 0.5) is 5.69 Å². The van der Waals surface area contributed by atoms with Gasteiger partial charge in [-0.25, -0.2) is 4.79 Å². The monoisotopic (exact) mass is 563 g/mol. The SMILES string of the molecule is Cc1ccc(-c2c(C)c(-c3ccc(C)c(C)c3)c([C@@H](OC(C)(C)C)C(=O)O)c(C)c2NC(=O)c2ccccc2)cc1C. The van der Waals surface area contributed by atoms with Gasteiger partial charge in [-0.05, 0) is 125 Å². The number of hydrogen-bond acceptors (Lipinski definition) is 3. The summed E-state index contributed by atoms with van der Waals surface area (Å²) < 4.78 is 6.25. The highest BCUT2D eigenvalue weighted by molar-refractivity contribution is 6.08. The fourth-order valence-corrected chi connectivity index (χ4v) is 5.40. The number of carbonyl (C=O) groups is 2. The largest absolute Gasteiger partial charge is 0.479 e. The first-order valence-corrected chi connectivity index (χ1v) is 14.3. The Morgan fingerprint density at radius 1 is 0.714 bits per heavy atom. The highest BCUT2D eigenvalue weighted by Gasteiger charge is 2.34. The molecular weight excluding hydrogens is 522 g/mol. The molecule has 0 saturated heterocycles. The third kappa shape index (κ3) is 6.32. The topological polar surface area (TPSA) is 75.6 Å². The van der Waals surface area contributed by atoms with Crippen molar-refractivity contribution in [3.05, 3.63) is 111 Å². The van der Waals surface area contributed by atoms with Crippen molar-refractivity contribution in [3.63, 3.8) is 0 Å². The van der Waals surface area contributed by atoms with Crippen LogP contribution in [0.3, 0.4) is 0 Å². The normalized spacial score (nSPS) is 12.2. The fraction of sp³-hybridized carbons (Fsp3) is 0.297. The standard InChI is InChI=1S/C37H41NO4/c1-21-15-17-28(19-23(21)3)30-25(5)31(29-18-16-22(2)24(4)20-29)33(38-35(39)27-13-11-10-12-14-27)26(6)32(30)34(36(40)41)42-37(7,8)9/h10-20,34H,1-9H3,(H,38,39)(H,40,41)/t34-/m1/s1. The highest BCUT2D eigenvalue weighted by Crippen LogP contribution is 2.47. The van der Waals surface area contributed by atoms with Crippen LogP contribution in [0.15, 0.2) is 66.7 Å². The third-order valence-corrected chi connectivity index (χ3v) is 7.87. The van der Waals surface area contributed by atoms with Crippen molar-refractivity contribution in [1.29, 1.82) is 0 Å². The molecule has 0 bridgehead atoms. The van der Waals surface area contributed by atoms with E-state index in [1.165, 1.54) is 5.56 Å². The summed E-state index contributed by atoms with van der Waals surface area (Å²) in [7, 11) is 0. The molecule has 0 spiro atoms. The average Bonchev–Trinajstić information content (AvgIpc) is 2.92. The molecular formula is C37H41NO4. The molecule has 0 unspecified atom stereocenters. The van der Waals surface area contributed by atoms with Crippen LogP contribution in [-0.4, -0.2) is 22.6 Å². The molecule has 5 nitrogen and oxygen atoms in total. The number of carboxylic acid groups (broad SMARTS) is 1. The van der Waals surface area contributed by atoms with Gasteiger partial charge < -0.3 is 15.2 Å². The van der Waals surface area contributed by atoms with Gasteiger partial charge in [0.15, 0.2) is 6.10 Å². The molecule has 0 heterocycles. The number of benzene rings is 4. The van der Waals surface area contributed by atoms with Gasteiger partial charge in [-0.2, -0.15) is 0 Å². The van der Waals surface area contributed by atoms with Crippen LogP contribution in [0.2, 0.25) is 0 Å². The van der Waals surface area contributed by atoms with Gasteiger partial charge in [-0.3, -0.25) is 4.79 Å². The van der Waals surface area contributed by atoms with Crippen molar-refractivity contribution >= 4 is 17.6 Å². The van der Waals surface area contributed by atoms with E-state index in [1.54, 1.807) is 12.1 Å². The van der Waals surface area contributed by atoms with E-state index < -0.39 is 17.7 Å². The van der Waals surface area contributed by atoms with E-state index in [1.807, 2.05) is 58.9 Å². The van der Waals surface area contributed by atoms with Crippen molar-refractivity contribution in [1.82, 2.24) is 0 Å². The van der Waals surface area contributed by atoms with Crippen molar-refractivity contribution in [3.8, 4) is 22.3 Å². The molecule has 4 aromatic carbocycles. The summed E-state index contributed by atoms with van der Waals surface area (Å²) in [5.41, 5.74) is 10.5. The zero-order chi connectivity index (χ0) is 30.9. The van der Waals surface area contributed by atoms with Gasteiger partial charge in [0.2, 0.25) is 0 Å². The molecule has 4 rings (SSSR count). The second kappa shape index (κ2) is 11.9. The molecule has 0 aliphatic carbocycles. The predicted octanol–water partition coefficient (Wildman–Crippen LogP) is 9.06. The van der Waals surface area contributed by atoms with Gasteiger partial charge in [0.1, 0.15) is 0 Å². The number of hydrogen-bond donors (Lipinski definition) is 2. The molecule has 0 radical (unpaired) electrons. The lowest BCUT2D eigenvalue weighted by Gasteiger charge is -2.31. The number of aliphatic carboxylic acids is 1. The minimum Gasteiger partial charge on any atom is -0.479 e. The molecule has 1 amide bonds. The summed E-state index contributed by atoms with van der Waals surface area (Å²) in [6, 6.07) is 21.5. The second-order valence-corrected chi connectivity index (χ2v) is 12.2. The lowest BCUT2D eigenvalue weighted by Crippen LogP contribution is -2.29. The Balaban J connectivity index is 2.15. The number of carbonyl (C=O) groups excluding carboxylic acids is 1. The molecule has 4 aromatic rings. The zero-order valence-electron chi connectivity index (χ0n) is 26.1. The first-order valence-electron chi connectivity index (χ1n) is 14.3. The van der Waals surface area contributed by atoms with Crippen LogP contribution < -0.4 is 5.32 Å². The van der Waals surface area contributed by atoms with Crippen molar-refractivity contribution in [2.75, 3.05) is 5.32 Å². The van der Waals surface area contributed by atoms with Gasteiger partial charge in [0, 0.05) is 16.7 Å². The van der Waals surface area contributed by atoms with E-state index in [2.05, 4.69) is 63.3 Å². The Labute approximate surface area is 249 Å². The number of aryl methyl sites for hydroxylation is 4. The predicted molar refractivity (Wildman–Crippen MR) is 171 cm³/mol. The van der Waals surface area contributed by atoms with E-state index in [-0.39, 0.29) is 5.91 Å². The van der Waals surface area contributed by atoms with Crippen LogP contribution in [0.5, 0.6) is 0 Å². The summed E-state index contributed by atoms with van der Waals surface area (Å²) in [5.74, 6) is -1.35. The Hall–Kier alpha value is -4.22. The highest BCUT2D eigenvalue weighted by atomic mass is 16.5. The molecule has 5 heteroatoms. The third-order valence-electron chi connectivity index (χ3n) is 7.87. The first-order chi connectivity index (χ1) is 19.7. The molecule has 42 heavy (non-hydrogen) atoms. The minimum atomic E-state index is -1.26. The number of rotatable bonds is 7. The van der Waals surface area contributed by atoms with E-state index in [0.717, 1.165) is 44.5 Å². The number of carboxylic acids is 1. The van der Waals surface area contributed by atoms with E-state index in [4.69, 9.17) is 4.74 Å². The van der Waals surface area contributed by atoms with Crippen molar-refractivity contribution in [2.45, 2.75) is 74.0 Å². The van der Waals surface area contributed by atoms with Gasteiger partial charge in [-0.15, -0.1) is 0 Å². The molecule has 218 valence electrons. The van der Waals surface area contributed by atoms with Gasteiger partial charge >= 0.3 is 5.97 Å². The Morgan fingerprint density at radius 3 is 1.71 bits per heavy atom. The maximum Gasteiger partial charge on any atom is 0.337 e. The smallest absolute Gasteiger partial charge is 0.337 e. The fourth-order valence-electron chi connectivity index (χ4n) is 5.40. The summed E-state index contributed by atoms with van der Waals surface area (Å²) in [6.07, 6.45) is -1.26. The molecule has 0 aliphatic rings. The first kappa shape index (κ1) is 30.7. The number of ether oxygens (including phenoxy) is 1. The molecule has 1 atom stereocenters. The van der Waals surface area contributed by atoms with E-state index in [9.17, 15) is 14.7 Å². The summed E-state index contributed by atoms with van der Waals surface area (Å²) in [5, 5.41) is 13.7. The maximum absolute atomic E-state index is 13.6. The molecule has 0 saturated carbocycles. The van der Waals surface area contributed by atoms with Gasteiger partial charge in [0.25, 0.3) is 5.91 Å². The van der Waals surface area contributed by atoms with Crippen LogP contribution in [0, 0.1) is 41.5 Å². The molecule has 0 fully saturated rings. The number of amides is 1. The average molecular weight is 564 g/mol. The van der Waals surface area contributed by atoms with Crippen LogP contribution in [-0.2, 0) is 9.53 Å². The quantitative estimate of drug-likeness (QED) is 0.235. The van der Waals surface area contributed by atoms with Crippen molar-refractivity contribution < 1.29 is 19.4 Å². The van der Waals surface area contributed by atoms with E-state index >= 15 is 0 Å². The van der Waals surface area contributed by atoms with Crippen LogP contribution >= 0.6 is 0 Å². The van der Waals surface area contributed by atoms with Gasteiger partial charge in [0.05, 0.1) is 11.3 Å². The molecule has 0 aromatic heterocycles. The number of nitrogens with one attached hydrogen (secondary N) is 1. The molecule has 0 aliphatic heterocycles. The number of anilines is 1. The van der Waals surface area contributed by atoms with Crippen molar-refractivity contribution in [2.24, 2.45) is 0 Å². The second-order valence-electron chi connectivity index (χ2n) is 12.2. The lowest BCUT2D eigenvalue weighted by atomic mass is 9.81. The lowest BCUT2D eigenvalue weighted by molar-refractivity contribution is -0.160. The Kier molecular flexibility index (Phi) is 8.74. The minimum absolute atomic E-state index is 0.267. The Bertz CT molecular complexity index is 1660. The van der Waals surface area contributed by atoms with Crippen LogP contribution in [0.1, 0.15) is 76.2 Å². The molecule has 2 N–H and O–H groups in total. The van der Waals surface area contributed by atoms with E-state index in [0.29, 0.717) is 22.4 Å². The van der Waals surface area contributed by atoms with Gasteiger partial charge in [-0.1, -0.05) is 54.6 Å². The zero-order valence-corrected chi connectivity index (χ0v) is 26.1. The summed E-state index contributed by atoms with van der Waals surface area (Å²) in [6.45, 7) is 17.7. The summed E-state index contributed by atoms with van der Waals surface area (Å²) in [4.78, 5) is 26.5. The van der Waals surface area contributed by atoms with Crippen LogP contribution in [0.25, 0.3) is 22.3 Å².